The van der Waals surface area contributed by atoms with Gasteiger partial charge in [0.25, 0.3) is 5.56 Å². The van der Waals surface area contributed by atoms with Gasteiger partial charge in [0.1, 0.15) is 35.3 Å². The Morgan fingerprint density at radius 2 is 1.85 bits per heavy atom. The molecular formula is C29H43N2O13PS. The number of carbonyl (C=O) groups excluding carboxylic acids is 1. The number of nitrogens with zero attached hydrogens (tertiary/aromatic N) is 1. The maximum absolute atomic E-state index is 13.1. The monoisotopic (exact) mass is 690 g/mol. The van der Waals surface area contributed by atoms with Gasteiger partial charge in [-0.05, 0) is 44.9 Å². The average molecular weight is 691 g/mol. The van der Waals surface area contributed by atoms with Crippen LogP contribution < -0.4 is 20.7 Å². The second-order valence-electron chi connectivity index (χ2n) is 10.7. The fourth-order valence-electron chi connectivity index (χ4n) is 4.84. The molecule has 1 fully saturated rings. The average Bonchev–Trinajstić information content (AvgIpc) is 3.42. The number of hydrogen-bond acceptors (Lipinski definition) is 13. The Labute approximate surface area is 271 Å². The molecule has 1 aliphatic heterocycles. The Morgan fingerprint density at radius 3 is 2.43 bits per heavy atom. The number of hydrogen-bond donors (Lipinski definition) is 3. The summed E-state index contributed by atoms with van der Waals surface area (Å²) in [5.74, 6) is 1.33. The molecule has 5 atom stereocenters. The second-order valence-corrected chi connectivity index (χ2v) is 13.1. The summed E-state index contributed by atoms with van der Waals surface area (Å²) in [6.07, 6.45) is -1.91. The number of H-pyrrole nitrogens is 1. The van der Waals surface area contributed by atoms with Gasteiger partial charge >= 0.3 is 19.5 Å². The summed E-state index contributed by atoms with van der Waals surface area (Å²) in [5.41, 5.74) is -0.679. The van der Waals surface area contributed by atoms with Gasteiger partial charge in [-0.25, -0.2) is 9.36 Å². The van der Waals surface area contributed by atoms with E-state index in [2.05, 4.69) is 4.98 Å². The van der Waals surface area contributed by atoms with E-state index >= 15 is 0 Å². The molecule has 3 unspecified atom stereocenters. The van der Waals surface area contributed by atoms with E-state index in [0.29, 0.717) is 17.3 Å². The first-order valence-corrected chi connectivity index (χ1v) is 17.3. The van der Waals surface area contributed by atoms with Crippen molar-refractivity contribution in [3.05, 3.63) is 55.9 Å². The zero-order valence-corrected chi connectivity index (χ0v) is 28.5. The number of aromatic amines is 1. The third-order valence-corrected chi connectivity index (χ3v) is 9.34. The van der Waals surface area contributed by atoms with Crippen molar-refractivity contribution in [3.63, 3.8) is 0 Å². The lowest BCUT2D eigenvalue weighted by atomic mass is 9.87. The van der Waals surface area contributed by atoms with Gasteiger partial charge in [-0.2, -0.15) is 0 Å². The van der Waals surface area contributed by atoms with Crippen molar-refractivity contribution >= 4 is 25.6 Å². The molecule has 3 N–H and O–H groups in total. The number of methoxy groups -OCH3 is 2. The Bertz CT molecular complexity index is 1470. The van der Waals surface area contributed by atoms with Crippen LogP contribution in [0.25, 0.3) is 0 Å². The van der Waals surface area contributed by atoms with Crippen LogP contribution in [0.5, 0.6) is 11.5 Å². The molecule has 0 saturated carbocycles. The number of thioether (sulfide) groups is 1. The molecule has 0 amide bonds. The van der Waals surface area contributed by atoms with Gasteiger partial charge in [0.2, 0.25) is 0 Å². The summed E-state index contributed by atoms with van der Waals surface area (Å²) in [5, 5.41) is 9.82. The molecule has 46 heavy (non-hydrogen) atoms. The Morgan fingerprint density at radius 1 is 1.17 bits per heavy atom. The molecule has 1 aromatic heterocycles. The van der Waals surface area contributed by atoms with E-state index in [1.807, 2.05) is 19.1 Å². The second kappa shape index (κ2) is 16.9. The Kier molecular flexibility index (Phi) is 13.9. The molecule has 1 aromatic carbocycles. The molecule has 2 heterocycles. The first-order valence-electron chi connectivity index (χ1n) is 14.6. The highest BCUT2D eigenvalue weighted by Crippen LogP contribution is 2.49. The van der Waals surface area contributed by atoms with Gasteiger partial charge < -0.3 is 33.7 Å². The number of benzene rings is 1. The summed E-state index contributed by atoms with van der Waals surface area (Å²) in [6, 6.07) is 3.81. The molecule has 15 nitrogen and oxygen atoms in total. The number of nitrogens with one attached hydrogen (secondary N) is 1. The van der Waals surface area contributed by atoms with Crippen LogP contribution in [-0.2, 0) is 38.4 Å². The van der Waals surface area contributed by atoms with Crippen LogP contribution in [0.2, 0.25) is 0 Å². The summed E-state index contributed by atoms with van der Waals surface area (Å²) < 4.78 is 52.7. The number of phosphoric ester groups is 1. The molecule has 1 saturated heterocycles. The molecule has 17 heteroatoms. The minimum absolute atomic E-state index is 0.0677. The van der Waals surface area contributed by atoms with Gasteiger partial charge in [0.05, 0.1) is 46.6 Å². The first-order chi connectivity index (χ1) is 21.8. The smallest absolute Gasteiger partial charge is 0.472 e. The number of phosphoric acid groups is 1. The summed E-state index contributed by atoms with van der Waals surface area (Å²) in [6.45, 7) is 5.50. The maximum atomic E-state index is 13.1. The van der Waals surface area contributed by atoms with E-state index in [0.717, 1.165) is 15.7 Å². The first kappa shape index (κ1) is 37.8. The van der Waals surface area contributed by atoms with E-state index in [4.69, 9.17) is 32.7 Å². The number of aromatic nitrogens is 2. The normalized spacial score (nSPS) is 20.6. The number of aryl methyl sites for hydroxylation is 2. The van der Waals surface area contributed by atoms with Gasteiger partial charge in [0.15, 0.2) is 0 Å². The molecule has 0 bridgehead atoms. The highest BCUT2D eigenvalue weighted by Gasteiger charge is 2.45. The molecule has 0 aliphatic carbocycles. The lowest BCUT2D eigenvalue weighted by Crippen LogP contribution is -2.41. The third kappa shape index (κ3) is 9.44. The van der Waals surface area contributed by atoms with E-state index in [1.54, 1.807) is 28.1 Å². The highest BCUT2D eigenvalue weighted by atomic mass is 32.2. The molecule has 3 rings (SSSR count). The van der Waals surface area contributed by atoms with Gasteiger partial charge in [-0.1, -0.05) is 6.92 Å². The van der Waals surface area contributed by atoms with Crippen LogP contribution >= 0.6 is 19.6 Å². The van der Waals surface area contributed by atoms with Crippen molar-refractivity contribution in [3.8, 4) is 11.5 Å². The van der Waals surface area contributed by atoms with Crippen molar-refractivity contribution in [1.29, 1.82) is 0 Å². The summed E-state index contributed by atoms with van der Waals surface area (Å²) >= 11 is 1.41. The van der Waals surface area contributed by atoms with Crippen LogP contribution in [0.3, 0.4) is 0 Å². The molecule has 258 valence electrons. The zero-order valence-electron chi connectivity index (χ0n) is 26.8. The number of aliphatic hydroxyl groups is 1. The number of aliphatic hydroxyl groups excluding tert-OH is 1. The summed E-state index contributed by atoms with van der Waals surface area (Å²) in [4.78, 5) is 50.0. The van der Waals surface area contributed by atoms with Crippen LogP contribution in [-0.4, -0.2) is 84.3 Å². The van der Waals surface area contributed by atoms with E-state index < -0.39 is 62.1 Å². The minimum Gasteiger partial charge on any atom is -0.496 e. The quantitative estimate of drug-likeness (QED) is 0.0894. The third-order valence-electron chi connectivity index (χ3n) is 7.52. The van der Waals surface area contributed by atoms with Gasteiger partial charge in [0, 0.05) is 29.5 Å². The highest BCUT2D eigenvalue weighted by molar-refractivity contribution is 7.98. The zero-order chi connectivity index (χ0) is 34.1. The molecule has 0 radical (unpaired) electrons. The van der Waals surface area contributed by atoms with Crippen molar-refractivity contribution < 1.29 is 52.1 Å². The van der Waals surface area contributed by atoms with Gasteiger partial charge in [-0.3, -0.25) is 28.2 Å². The SMILES string of the molecule is CCOC(=O)C(CC)(COCSCc1c(OC)cc(C)cc1OC)COP(=O)(O)OC1C[C@H](n2cc(C)c(=O)[nH]c2=O)O[C@@H]1CO. The van der Waals surface area contributed by atoms with Crippen molar-refractivity contribution in [2.24, 2.45) is 5.41 Å². The standard InChI is InChI=1S/C29H43N2O13PS/c1-7-29(27(34)41-8-2,15-40-17-46-14-20-21(38-5)9-18(3)10-22(20)39-6)16-42-45(36,37)44-23-11-25(43-24(23)13-32)31-12-19(4)26(33)30-28(31)35/h9-10,12,23-25,32H,7-8,11,13-17H2,1-6H3,(H,36,37)(H,30,33,35)/t23?,24-,25-,29?/m1/s1. The van der Waals surface area contributed by atoms with Crippen LogP contribution in [0.4, 0.5) is 0 Å². The van der Waals surface area contributed by atoms with E-state index in [1.165, 1.54) is 24.9 Å². The predicted octanol–water partition coefficient (Wildman–Crippen LogP) is 2.82. The van der Waals surface area contributed by atoms with Gasteiger partial charge in [-0.15, -0.1) is 11.8 Å². The Hall–Kier alpha value is -2.69. The lowest BCUT2D eigenvalue weighted by Gasteiger charge is -2.30. The van der Waals surface area contributed by atoms with Crippen LogP contribution in [0.1, 0.15) is 49.6 Å². The predicted molar refractivity (Wildman–Crippen MR) is 168 cm³/mol. The fourth-order valence-corrected chi connectivity index (χ4v) is 6.65. The van der Waals surface area contributed by atoms with Crippen molar-refractivity contribution in [1.82, 2.24) is 9.55 Å². The molecular weight excluding hydrogens is 647 g/mol. The number of rotatable bonds is 18. The van der Waals surface area contributed by atoms with Crippen molar-refractivity contribution in [2.45, 2.75) is 64.7 Å². The Balaban J connectivity index is 1.65. The molecule has 0 spiro atoms. The topological polar surface area (TPSA) is 194 Å². The lowest BCUT2D eigenvalue weighted by molar-refractivity contribution is -0.162. The maximum Gasteiger partial charge on any atom is 0.472 e. The molecule has 2 aromatic rings. The minimum atomic E-state index is -4.85. The summed E-state index contributed by atoms with van der Waals surface area (Å²) in [7, 11) is -1.69. The fraction of sp³-hybridized carbons (Fsp3) is 0.621. The number of carbonyl (C=O) groups is 1. The van der Waals surface area contributed by atoms with E-state index in [-0.39, 0.29) is 37.6 Å². The molecule has 1 aliphatic rings. The van der Waals surface area contributed by atoms with Crippen molar-refractivity contribution in [2.75, 3.05) is 46.6 Å². The number of esters is 1. The largest absolute Gasteiger partial charge is 0.496 e. The van der Waals surface area contributed by atoms with Crippen LogP contribution in [0, 0.1) is 19.3 Å². The number of ether oxygens (including phenoxy) is 5. The van der Waals surface area contributed by atoms with Crippen LogP contribution in [0.15, 0.2) is 27.9 Å². The van der Waals surface area contributed by atoms with E-state index in [9.17, 15) is 28.9 Å².